The van der Waals surface area contributed by atoms with Crippen LogP contribution in [-0.2, 0) is 25.2 Å². The van der Waals surface area contributed by atoms with Gasteiger partial charge < -0.3 is 23.4 Å². The van der Waals surface area contributed by atoms with Gasteiger partial charge in [0.15, 0.2) is 0 Å². The van der Waals surface area contributed by atoms with Crippen molar-refractivity contribution >= 4 is 44.0 Å². The Hall–Kier alpha value is -3.71. The van der Waals surface area contributed by atoms with Crippen LogP contribution in [0.4, 0.5) is 0 Å². The largest absolute Gasteiger partial charge is 0.448 e. The molecule has 8 heteroatoms. The molecule has 242 valence electrons. The summed E-state index contributed by atoms with van der Waals surface area (Å²) >= 11 is 5.61. The molecule has 4 aromatic rings. The molecular formula is C39H43BO5SSi. The molecular weight excluding hydrogens is 619 g/mol. The summed E-state index contributed by atoms with van der Waals surface area (Å²) in [5.74, 6) is 3.48. The minimum Gasteiger partial charge on any atom is -0.448 e. The van der Waals surface area contributed by atoms with Crippen LogP contribution in [0, 0.1) is 19.3 Å². The zero-order chi connectivity index (χ0) is 33.5. The first-order valence-corrected chi connectivity index (χ1v) is 18.4. The fraction of sp³-hybridized carbons (Fsp3) is 0.308. The Bertz CT molecular complexity index is 1600. The summed E-state index contributed by atoms with van der Waals surface area (Å²) in [6, 6.07) is 38.3. The molecule has 0 spiro atoms. The molecule has 5 rings (SSSR count). The lowest BCUT2D eigenvalue weighted by Crippen LogP contribution is -2.68. The summed E-state index contributed by atoms with van der Waals surface area (Å²) < 4.78 is 33.3. The molecule has 0 amide bonds. The van der Waals surface area contributed by atoms with E-state index in [9.17, 15) is 0 Å². The zero-order valence-electron chi connectivity index (χ0n) is 27.8. The van der Waals surface area contributed by atoms with Crippen molar-refractivity contribution in [1.29, 1.82) is 0 Å². The van der Waals surface area contributed by atoms with Crippen LogP contribution in [-0.4, -0.2) is 51.8 Å². The number of benzene rings is 4. The zero-order valence-corrected chi connectivity index (χ0v) is 29.7. The maximum absolute atomic E-state index is 7.42. The van der Waals surface area contributed by atoms with Gasteiger partial charge in [-0.05, 0) is 40.0 Å². The first-order chi connectivity index (χ1) is 22.6. The second-order valence-corrected chi connectivity index (χ2v) is 17.8. The quantitative estimate of drug-likeness (QED) is 0.112. The van der Waals surface area contributed by atoms with Crippen molar-refractivity contribution in [2.75, 3.05) is 6.61 Å². The van der Waals surface area contributed by atoms with Crippen molar-refractivity contribution < 1.29 is 23.4 Å². The maximum Gasteiger partial charge on any atom is 0.358 e. The predicted octanol–water partition coefficient (Wildman–Crippen LogP) is 5.96. The minimum atomic E-state index is -2.94. The van der Waals surface area contributed by atoms with Gasteiger partial charge >= 0.3 is 5.24 Å². The van der Waals surface area contributed by atoms with E-state index in [1.165, 1.54) is 10.4 Å². The average molecular weight is 663 g/mol. The van der Waals surface area contributed by atoms with Gasteiger partial charge in [-0.1, -0.05) is 129 Å². The van der Waals surface area contributed by atoms with E-state index >= 15 is 0 Å². The molecule has 0 N–H and O–H groups in total. The van der Waals surface area contributed by atoms with Crippen LogP contribution < -0.4 is 15.1 Å². The lowest BCUT2D eigenvalue weighted by atomic mass is 9.87. The van der Waals surface area contributed by atoms with Crippen molar-refractivity contribution in [3.8, 4) is 18.1 Å². The van der Waals surface area contributed by atoms with Crippen molar-refractivity contribution in [1.82, 2.24) is 0 Å². The molecule has 0 saturated carbocycles. The summed E-state index contributed by atoms with van der Waals surface area (Å²) in [4.78, 5) is 0. The van der Waals surface area contributed by atoms with Gasteiger partial charge in [0.2, 0.25) is 0 Å². The van der Waals surface area contributed by atoms with Crippen LogP contribution in [0.2, 0.25) is 5.04 Å². The van der Waals surface area contributed by atoms with Crippen molar-refractivity contribution in [3.63, 3.8) is 0 Å². The van der Waals surface area contributed by atoms with Gasteiger partial charge in [-0.15, -0.1) is 12.3 Å². The second kappa shape index (κ2) is 15.0. The lowest BCUT2D eigenvalue weighted by Gasteiger charge is -2.45. The normalized spacial score (nSPS) is 21.1. The molecule has 0 bridgehead atoms. The van der Waals surface area contributed by atoms with Gasteiger partial charge in [0.05, 0.1) is 19.2 Å². The molecule has 0 unspecified atom stereocenters. The Kier molecular flexibility index (Phi) is 11.1. The summed E-state index contributed by atoms with van der Waals surface area (Å²) in [6.45, 7) is 9.30. The second-order valence-electron chi connectivity index (χ2n) is 13.2. The molecule has 5 nitrogen and oxygen atoms in total. The van der Waals surface area contributed by atoms with E-state index in [1.807, 2.05) is 81.5 Å². The Labute approximate surface area is 287 Å². The first-order valence-electron chi connectivity index (χ1n) is 16.0. The molecule has 0 aromatic heterocycles. The van der Waals surface area contributed by atoms with Crippen LogP contribution in [0.3, 0.4) is 0 Å². The van der Waals surface area contributed by atoms with Crippen LogP contribution in [0.25, 0.3) is 0 Å². The van der Waals surface area contributed by atoms with E-state index in [0.717, 1.165) is 11.1 Å². The standard InChI is InChI=1S/C39H43BO5SSi/c1-6-26-39(28-42-47(38(3,4)5,32-18-12-8-13-19-32)33-20-14-9-15-21-33)35(41-27-30-16-10-7-11-17-30)34(36(40)45-39)44-37(46)43-31-24-22-29(2)23-25-31/h1,7-25,34-36H,26-28,40H2,2-5H3/t34-,35+,36-,39-/m1/s1. The van der Waals surface area contributed by atoms with Crippen molar-refractivity contribution in [3.05, 3.63) is 126 Å². The van der Waals surface area contributed by atoms with Gasteiger partial charge in [-0.3, -0.25) is 0 Å². The Morgan fingerprint density at radius 3 is 1.98 bits per heavy atom. The molecule has 1 saturated heterocycles. The first kappa shape index (κ1) is 34.6. The fourth-order valence-corrected chi connectivity index (χ4v) is 11.3. The van der Waals surface area contributed by atoms with Gasteiger partial charge in [-0.2, -0.15) is 0 Å². The third-order valence-electron chi connectivity index (χ3n) is 8.78. The molecule has 1 aliphatic rings. The molecule has 47 heavy (non-hydrogen) atoms. The Balaban J connectivity index is 1.52. The summed E-state index contributed by atoms with van der Waals surface area (Å²) in [5.41, 5.74) is 1.11. The van der Waals surface area contributed by atoms with E-state index < -0.39 is 32.1 Å². The number of hydrogen-bond acceptors (Lipinski definition) is 6. The average Bonchev–Trinajstić information content (AvgIpc) is 3.31. The smallest absolute Gasteiger partial charge is 0.358 e. The highest BCUT2D eigenvalue weighted by molar-refractivity contribution is 7.79. The molecule has 1 aliphatic heterocycles. The number of aryl methyl sites for hydroxylation is 1. The van der Waals surface area contributed by atoms with Gasteiger partial charge in [0.25, 0.3) is 8.32 Å². The molecule has 1 fully saturated rings. The summed E-state index contributed by atoms with van der Waals surface area (Å²) in [5, 5.41) is 2.09. The summed E-state index contributed by atoms with van der Waals surface area (Å²) in [7, 11) is -0.979. The topological polar surface area (TPSA) is 46.2 Å². The number of thiocarbonyl (C=S) groups is 1. The number of terminal acetylenes is 1. The van der Waals surface area contributed by atoms with Crippen molar-refractivity contribution in [2.45, 2.75) is 69.6 Å². The van der Waals surface area contributed by atoms with E-state index in [4.69, 9.17) is 42.0 Å². The Morgan fingerprint density at radius 1 is 0.894 bits per heavy atom. The van der Waals surface area contributed by atoms with E-state index in [0.29, 0.717) is 12.4 Å². The SMILES string of the molecule is B[C@@H]1O[C@](CC#C)(CO[Si](c2ccccc2)(c2ccccc2)C(C)(C)C)[C@@H](OCc2ccccc2)[C@H]1OC(=S)Oc1ccc(C)cc1. The highest BCUT2D eigenvalue weighted by Crippen LogP contribution is 2.42. The maximum atomic E-state index is 7.42. The molecule has 0 aliphatic carbocycles. The third kappa shape index (κ3) is 7.72. The van der Waals surface area contributed by atoms with Gasteiger partial charge in [0, 0.05) is 18.6 Å². The highest BCUT2D eigenvalue weighted by atomic mass is 32.1. The number of ether oxygens (including phenoxy) is 4. The van der Waals surface area contributed by atoms with Crippen molar-refractivity contribution in [2.24, 2.45) is 0 Å². The van der Waals surface area contributed by atoms with E-state index in [2.05, 4.69) is 75.2 Å². The predicted molar refractivity (Wildman–Crippen MR) is 197 cm³/mol. The highest BCUT2D eigenvalue weighted by Gasteiger charge is 2.59. The molecule has 1 heterocycles. The van der Waals surface area contributed by atoms with Crippen LogP contribution in [0.5, 0.6) is 5.75 Å². The monoisotopic (exact) mass is 662 g/mol. The number of rotatable bonds is 11. The van der Waals surface area contributed by atoms with E-state index in [-0.39, 0.29) is 23.3 Å². The Morgan fingerprint density at radius 2 is 1.45 bits per heavy atom. The minimum absolute atomic E-state index is 0.00738. The van der Waals surface area contributed by atoms with Gasteiger partial charge in [-0.25, -0.2) is 0 Å². The number of hydrogen-bond donors (Lipinski definition) is 0. The fourth-order valence-electron chi connectivity index (χ4n) is 6.53. The van der Waals surface area contributed by atoms with Crippen LogP contribution in [0.1, 0.15) is 38.3 Å². The lowest BCUT2D eigenvalue weighted by molar-refractivity contribution is -0.122. The van der Waals surface area contributed by atoms with Gasteiger partial charge in [0.1, 0.15) is 31.4 Å². The molecule has 0 radical (unpaired) electrons. The molecule has 4 atom stereocenters. The van der Waals surface area contributed by atoms with Crippen LogP contribution in [0.15, 0.2) is 115 Å². The molecule has 4 aromatic carbocycles. The summed E-state index contributed by atoms with van der Waals surface area (Å²) in [6.07, 6.45) is 5.12. The van der Waals surface area contributed by atoms with Crippen LogP contribution >= 0.6 is 12.2 Å². The van der Waals surface area contributed by atoms with E-state index in [1.54, 1.807) is 0 Å². The third-order valence-corrected chi connectivity index (χ3v) is 13.9.